The summed E-state index contributed by atoms with van der Waals surface area (Å²) in [6.07, 6.45) is 0.879. The molecule has 80 valence electrons. The highest BCUT2D eigenvalue weighted by Gasteiger charge is 2.16. The van der Waals surface area contributed by atoms with Crippen LogP contribution in [0, 0.1) is 0 Å². The van der Waals surface area contributed by atoms with Crippen LogP contribution in [0.25, 0.3) is 0 Å². The van der Waals surface area contributed by atoms with Gasteiger partial charge in [0.05, 0.1) is 29.6 Å². The third kappa shape index (κ3) is 2.70. The molecule has 4 nitrogen and oxygen atoms in total. The number of ether oxygens (including phenoxy) is 1. The van der Waals surface area contributed by atoms with Crippen LogP contribution in [0.1, 0.15) is 25.6 Å². The van der Waals surface area contributed by atoms with Crippen molar-refractivity contribution in [3.63, 3.8) is 0 Å². The third-order valence-corrected chi connectivity index (χ3v) is 2.13. The second kappa shape index (κ2) is 4.77. The van der Waals surface area contributed by atoms with E-state index in [0.717, 1.165) is 0 Å². The molecular formula is C9H15ClN2O2. The van der Waals surface area contributed by atoms with Gasteiger partial charge in [0.2, 0.25) is 0 Å². The Kier molecular flexibility index (Phi) is 3.92. The Morgan fingerprint density at radius 3 is 2.71 bits per heavy atom. The number of halogens is 1. The predicted molar refractivity (Wildman–Crippen MR) is 54.3 cm³/mol. The fourth-order valence-electron chi connectivity index (χ4n) is 1.16. The molecule has 0 fully saturated rings. The number of hydrogen-bond acceptors (Lipinski definition) is 3. The first-order valence-corrected chi connectivity index (χ1v) is 4.87. The molecule has 1 atom stereocenters. The molecule has 0 bridgehead atoms. The van der Waals surface area contributed by atoms with Crippen LogP contribution in [-0.4, -0.2) is 27.6 Å². The lowest BCUT2D eigenvalue weighted by molar-refractivity contribution is 0.00188. The molecule has 0 spiro atoms. The lowest BCUT2D eigenvalue weighted by atomic mass is 10.2. The SMILES string of the molecule is CC(C)OCC(O)c1c(Cl)cnn1C. The van der Waals surface area contributed by atoms with Gasteiger partial charge in [0.1, 0.15) is 6.10 Å². The summed E-state index contributed by atoms with van der Waals surface area (Å²) in [6, 6.07) is 0. The van der Waals surface area contributed by atoms with Gasteiger partial charge in [-0.1, -0.05) is 11.6 Å². The van der Waals surface area contributed by atoms with Crippen LogP contribution in [-0.2, 0) is 11.8 Å². The number of aryl methyl sites for hydroxylation is 1. The largest absolute Gasteiger partial charge is 0.384 e. The number of aromatic nitrogens is 2. The quantitative estimate of drug-likeness (QED) is 0.834. The van der Waals surface area contributed by atoms with Crippen molar-refractivity contribution in [1.29, 1.82) is 0 Å². The minimum atomic E-state index is -0.725. The molecule has 0 radical (unpaired) electrons. The van der Waals surface area contributed by atoms with Crippen LogP contribution >= 0.6 is 11.6 Å². The van der Waals surface area contributed by atoms with Gasteiger partial charge in [-0.15, -0.1) is 0 Å². The lowest BCUT2D eigenvalue weighted by Crippen LogP contribution is -2.15. The summed E-state index contributed by atoms with van der Waals surface area (Å²) in [5.41, 5.74) is 0.590. The van der Waals surface area contributed by atoms with Crippen LogP contribution in [0.2, 0.25) is 5.02 Å². The Morgan fingerprint density at radius 2 is 2.29 bits per heavy atom. The van der Waals surface area contributed by atoms with Crippen molar-refractivity contribution in [3.05, 3.63) is 16.9 Å². The second-order valence-electron chi connectivity index (χ2n) is 3.40. The molecule has 0 aliphatic carbocycles. The summed E-state index contributed by atoms with van der Waals surface area (Å²) >= 11 is 5.86. The van der Waals surface area contributed by atoms with Crippen LogP contribution < -0.4 is 0 Å². The Balaban J connectivity index is 2.64. The summed E-state index contributed by atoms with van der Waals surface area (Å²) in [7, 11) is 1.74. The average molecular weight is 219 g/mol. The maximum atomic E-state index is 9.75. The van der Waals surface area contributed by atoms with Crippen molar-refractivity contribution in [2.24, 2.45) is 7.05 Å². The molecule has 1 rings (SSSR count). The van der Waals surface area contributed by atoms with Crippen molar-refractivity contribution in [3.8, 4) is 0 Å². The van der Waals surface area contributed by atoms with E-state index >= 15 is 0 Å². The topological polar surface area (TPSA) is 47.3 Å². The minimum Gasteiger partial charge on any atom is -0.384 e. The molecule has 0 saturated heterocycles. The Hall–Kier alpha value is -0.580. The highest BCUT2D eigenvalue weighted by molar-refractivity contribution is 6.31. The van der Waals surface area contributed by atoms with Crippen LogP contribution in [0.4, 0.5) is 0 Å². The average Bonchev–Trinajstić information content (AvgIpc) is 2.42. The highest BCUT2D eigenvalue weighted by atomic mass is 35.5. The van der Waals surface area contributed by atoms with Crippen LogP contribution in [0.3, 0.4) is 0 Å². The van der Waals surface area contributed by atoms with Crippen molar-refractivity contribution < 1.29 is 9.84 Å². The standard InChI is InChI=1S/C9H15ClN2O2/c1-6(2)14-5-8(13)9-7(10)4-11-12(9)3/h4,6,8,13H,5H2,1-3H3. The zero-order chi connectivity index (χ0) is 10.7. The van der Waals surface area contributed by atoms with E-state index in [1.54, 1.807) is 11.7 Å². The molecule has 0 aliphatic rings. The molecule has 0 amide bonds. The van der Waals surface area contributed by atoms with Crippen molar-refractivity contribution in [2.75, 3.05) is 6.61 Å². The number of aliphatic hydroxyl groups excluding tert-OH is 1. The second-order valence-corrected chi connectivity index (χ2v) is 3.81. The fraction of sp³-hybridized carbons (Fsp3) is 0.667. The number of hydrogen-bond donors (Lipinski definition) is 1. The van der Waals surface area contributed by atoms with E-state index in [2.05, 4.69) is 5.10 Å². The zero-order valence-corrected chi connectivity index (χ0v) is 9.32. The van der Waals surface area contributed by atoms with E-state index < -0.39 is 6.10 Å². The number of rotatable bonds is 4. The van der Waals surface area contributed by atoms with Crippen molar-refractivity contribution >= 4 is 11.6 Å². The normalized spacial score (nSPS) is 13.6. The van der Waals surface area contributed by atoms with Crippen molar-refractivity contribution in [2.45, 2.75) is 26.1 Å². The lowest BCUT2D eigenvalue weighted by Gasteiger charge is -2.14. The molecule has 0 saturated carbocycles. The predicted octanol–water partition coefficient (Wildman–Crippen LogP) is 1.53. The molecule has 1 aromatic rings. The Bertz CT molecular complexity index is 280. The smallest absolute Gasteiger partial charge is 0.120 e. The van der Waals surface area contributed by atoms with Gasteiger partial charge < -0.3 is 9.84 Å². The van der Waals surface area contributed by atoms with Crippen LogP contribution in [0.5, 0.6) is 0 Å². The number of aliphatic hydroxyl groups is 1. The van der Waals surface area contributed by atoms with Gasteiger partial charge in [0.25, 0.3) is 0 Å². The molecule has 0 aliphatic heterocycles. The summed E-state index contributed by atoms with van der Waals surface area (Å²) in [5, 5.41) is 14.1. The van der Waals surface area contributed by atoms with E-state index in [0.29, 0.717) is 10.7 Å². The van der Waals surface area contributed by atoms with E-state index in [1.807, 2.05) is 13.8 Å². The van der Waals surface area contributed by atoms with Gasteiger partial charge in [-0.05, 0) is 13.8 Å². The molecule has 1 N–H and O–H groups in total. The summed E-state index contributed by atoms with van der Waals surface area (Å²) in [5.74, 6) is 0. The maximum Gasteiger partial charge on any atom is 0.120 e. The molecule has 1 aromatic heterocycles. The van der Waals surface area contributed by atoms with Crippen molar-refractivity contribution in [1.82, 2.24) is 9.78 Å². The van der Waals surface area contributed by atoms with E-state index in [4.69, 9.17) is 16.3 Å². The Labute approximate surface area is 88.4 Å². The third-order valence-electron chi connectivity index (χ3n) is 1.84. The molecule has 0 aromatic carbocycles. The van der Waals surface area contributed by atoms with E-state index in [9.17, 15) is 5.11 Å². The summed E-state index contributed by atoms with van der Waals surface area (Å²) in [4.78, 5) is 0. The van der Waals surface area contributed by atoms with Gasteiger partial charge >= 0.3 is 0 Å². The molecule has 1 unspecified atom stereocenters. The van der Waals surface area contributed by atoms with Gasteiger partial charge in [-0.25, -0.2) is 0 Å². The van der Waals surface area contributed by atoms with E-state index in [1.165, 1.54) is 6.20 Å². The summed E-state index contributed by atoms with van der Waals surface area (Å²) in [6.45, 7) is 4.06. The van der Waals surface area contributed by atoms with Gasteiger partial charge in [-0.3, -0.25) is 4.68 Å². The van der Waals surface area contributed by atoms with Gasteiger partial charge in [0, 0.05) is 7.05 Å². The molecular weight excluding hydrogens is 204 g/mol. The number of nitrogens with zero attached hydrogens (tertiary/aromatic N) is 2. The minimum absolute atomic E-state index is 0.0941. The first kappa shape index (κ1) is 11.5. The highest BCUT2D eigenvalue weighted by Crippen LogP contribution is 2.22. The maximum absolute atomic E-state index is 9.75. The van der Waals surface area contributed by atoms with Gasteiger partial charge in [-0.2, -0.15) is 5.10 Å². The Morgan fingerprint density at radius 1 is 1.64 bits per heavy atom. The first-order valence-electron chi connectivity index (χ1n) is 4.49. The molecule has 14 heavy (non-hydrogen) atoms. The zero-order valence-electron chi connectivity index (χ0n) is 8.57. The monoisotopic (exact) mass is 218 g/mol. The van der Waals surface area contributed by atoms with E-state index in [-0.39, 0.29) is 12.7 Å². The first-order chi connectivity index (χ1) is 6.52. The van der Waals surface area contributed by atoms with Crippen LogP contribution in [0.15, 0.2) is 6.20 Å². The molecule has 1 heterocycles. The van der Waals surface area contributed by atoms with Gasteiger partial charge in [0.15, 0.2) is 0 Å². The summed E-state index contributed by atoms with van der Waals surface area (Å²) < 4.78 is 6.84. The molecule has 5 heteroatoms. The fourth-order valence-corrected chi connectivity index (χ4v) is 1.45.